The Hall–Kier alpha value is -3.07. The molecule has 4 heterocycles. The fourth-order valence-electron chi connectivity index (χ4n) is 3.31. The van der Waals surface area contributed by atoms with Crippen molar-refractivity contribution in [2.75, 3.05) is 6.61 Å². The van der Waals surface area contributed by atoms with Crippen molar-refractivity contribution in [1.29, 1.82) is 0 Å². The summed E-state index contributed by atoms with van der Waals surface area (Å²) in [5.74, 6) is -0.0340. The molecule has 0 aromatic carbocycles. The molecule has 28 heavy (non-hydrogen) atoms. The Kier molecular flexibility index (Phi) is 4.68. The summed E-state index contributed by atoms with van der Waals surface area (Å²) in [6.07, 6.45) is 4.11. The highest BCUT2D eigenvalue weighted by Gasteiger charge is 2.22. The Morgan fingerprint density at radius 1 is 1.32 bits per heavy atom. The lowest BCUT2D eigenvalue weighted by Gasteiger charge is -2.08. The summed E-state index contributed by atoms with van der Waals surface area (Å²) < 4.78 is 7.75. The predicted molar refractivity (Wildman–Crippen MR) is 107 cm³/mol. The van der Waals surface area contributed by atoms with Crippen LogP contribution < -0.4 is 5.69 Å². The van der Waals surface area contributed by atoms with Gasteiger partial charge in [0.2, 0.25) is 0 Å². The molecule has 4 rings (SSSR count). The Morgan fingerprint density at radius 2 is 2.14 bits per heavy atom. The molecule has 0 amide bonds. The maximum Gasteiger partial charge on any atom is 0.352 e. The van der Waals surface area contributed by atoms with Gasteiger partial charge in [0.15, 0.2) is 11.5 Å². The summed E-state index contributed by atoms with van der Waals surface area (Å²) in [7, 11) is 0. The zero-order valence-corrected chi connectivity index (χ0v) is 16.6. The maximum absolute atomic E-state index is 13.1. The van der Waals surface area contributed by atoms with E-state index in [1.165, 1.54) is 20.4 Å². The van der Waals surface area contributed by atoms with Crippen molar-refractivity contribution in [2.45, 2.75) is 33.7 Å². The van der Waals surface area contributed by atoms with E-state index in [1.54, 1.807) is 25.4 Å². The van der Waals surface area contributed by atoms with E-state index in [1.807, 2.05) is 13.0 Å². The number of hydrogen-bond acceptors (Lipinski definition) is 7. The number of esters is 1. The van der Waals surface area contributed by atoms with Crippen molar-refractivity contribution in [3.63, 3.8) is 0 Å². The topological polar surface area (TPSA) is 91.4 Å². The molecule has 144 valence electrons. The molecule has 9 heteroatoms. The molecule has 0 aliphatic carbocycles. The minimum absolute atomic E-state index is 0.162. The first-order valence-corrected chi connectivity index (χ1v) is 9.84. The lowest BCUT2D eigenvalue weighted by atomic mass is 10.1. The van der Waals surface area contributed by atoms with E-state index >= 15 is 0 Å². The van der Waals surface area contributed by atoms with E-state index in [4.69, 9.17) is 4.74 Å². The minimum atomic E-state index is -0.457. The van der Waals surface area contributed by atoms with E-state index < -0.39 is 11.7 Å². The van der Waals surface area contributed by atoms with E-state index in [-0.39, 0.29) is 13.2 Å². The van der Waals surface area contributed by atoms with Crippen LogP contribution in [0, 0.1) is 6.92 Å². The lowest BCUT2D eigenvalue weighted by molar-refractivity contribution is -0.143. The number of nitrogens with zero attached hydrogens (tertiary/aromatic N) is 5. The molecule has 0 fully saturated rings. The fourth-order valence-corrected chi connectivity index (χ4v) is 4.54. The van der Waals surface area contributed by atoms with Gasteiger partial charge >= 0.3 is 11.7 Å². The fraction of sp³-hybridized carbons (Fsp3) is 0.316. The average Bonchev–Trinajstić information content (AvgIpc) is 3.27. The molecule has 0 N–H and O–H groups in total. The molecule has 4 aromatic rings. The van der Waals surface area contributed by atoms with Crippen molar-refractivity contribution in [2.24, 2.45) is 0 Å². The van der Waals surface area contributed by atoms with Crippen LogP contribution in [0.15, 0.2) is 29.3 Å². The summed E-state index contributed by atoms with van der Waals surface area (Å²) >= 11 is 1.49. The Labute approximate surface area is 164 Å². The zero-order chi connectivity index (χ0) is 19.8. The number of ether oxygens (including phenoxy) is 1. The largest absolute Gasteiger partial charge is 0.465 e. The minimum Gasteiger partial charge on any atom is -0.465 e. The Morgan fingerprint density at radius 3 is 2.82 bits per heavy atom. The molecule has 0 saturated carbocycles. The second-order valence-electron chi connectivity index (χ2n) is 6.26. The highest BCUT2D eigenvalue weighted by molar-refractivity contribution is 7.19. The van der Waals surface area contributed by atoms with Crippen LogP contribution in [0.25, 0.3) is 27.3 Å². The summed E-state index contributed by atoms with van der Waals surface area (Å²) in [6, 6.07) is 3.64. The van der Waals surface area contributed by atoms with Crippen LogP contribution >= 0.6 is 11.3 Å². The standard InChI is InChI=1S/C19H19N5O3S/c1-4-13-11(3)28-18-15(13)17-21-16(12-7-6-8-20-9-12)22-24(17)19(26)23(18)10-14(25)27-5-2/h6-9H,4-5,10H2,1-3H3. The van der Waals surface area contributed by atoms with Gasteiger partial charge in [-0.3, -0.25) is 14.3 Å². The van der Waals surface area contributed by atoms with E-state index in [0.717, 1.165) is 27.8 Å². The summed E-state index contributed by atoms with van der Waals surface area (Å²) in [4.78, 5) is 35.8. The number of carbonyl (C=O) groups is 1. The average molecular weight is 397 g/mol. The zero-order valence-electron chi connectivity index (χ0n) is 15.8. The number of hydrogen-bond donors (Lipinski definition) is 0. The van der Waals surface area contributed by atoms with Crippen molar-refractivity contribution >= 4 is 33.2 Å². The van der Waals surface area contributed by atoms with Gasteiger partial charge in [-0.15, -0.1) is 16.4 Å². The third-order valence-corrected chi connectivity index (χ3v) is 5.71. The number of carbonyl (C=O) groups excluding carboxylic acids is 1. The van der Waals surface area contributed by atoms with Crippen LogP contribution in [-0.2, 0) is 22.5 Å². The second-order valence-corrected chi connectivity index (χ2v) is 7.46. The van der Waals surface area contributed by atoms with Gasteiger partial charge in [-0.25, -0.2) is 9.78 Å². The highest BCUT2D eigenvalue weighted by atomic mass is 32.1. The van der Waals surface area contributed by atoms with E-state index in [2.05, 4.69) is 22.0 Å². The molecular formula is C19H19N5O3S. The Bertz CT molecular complexity index is 1240. The molecule has 0 aliphatic rings. The third-order valence-electron chi connectivity index (χ3n) is 4.54. The van der Waals surface area contributed by atoms with Crippen LogP contribution in [0.4, 0.5) is 0 Å². The maximum atomic E-state index is 13.1. The van der Waals surface area contributed by atoms with Gasteiger partial charge < -0.3 is 4.74 Å². The van der Waals surface area contributed by atoms with Gasteiger partial charge in [-0.05, 0) is 38.0 Å². The number of pyridine rings is 1. The molecule has 8 nitrogen and oxygen atoms in total. The predicted octanol–water partition coefficient (Wildman–Crippen LogP) is 2.60. The van der Waals surface area contributed by atoms with Crippen LogP contribution in [0.1, 0.15) is 24.3 Å². The van der Waals surface area contributed by atoms with Gasteiger partial charge in [0, 0.05) is 22.8 Å². The normalized spacial score (nSPS) is 11.4. The van der Waals surface area contributed by atoms with E-state index in [0.29, 0.717) is 16.3 Å². The second kappa shape index (κ2) is 7.16. The first kappa shape index (κ1) is 18.3. The SMILES string of the molecule is CCOC(=O)Cn1c(=O)n2nc(-c3cccnc3)nc2c2c(CC)c(C)sc21. The number of aryl methyl sites for hydroxylation is 2. The van der Waals surface area contributed by atoms with Gasteiger partial charge in [-0.1, -0.05) is 6.92 Å². The summed E-state index contributed by atoms with van der Waals surface area (Å²) in [5.41, 5.74) is 1.91. The van der Waals surface area contributed by atoms with Crippen LogP contribution in [0.3, 0.4) is 0 Å². The van der Waals surface area contributed by atoms with Gasteiger partial charge in [0.1, 0.15) is 11.4 Å². The smallest absolute Gasteiger partial charge is 0.352 e. The molecule has 0 unspecified atom stereocenters. The quantitative estimate of drug-likeness (QED) is 0.481. The number of rotatable bonds is 5. The van der Waals surface area contributed by atoms with Crippen molar-refractivity contribution in [1.82, 2.24) is 24.1 Å². The number of fused-ring (bicyclic) bond motifs is 3. The Balaban J connectivity index is 2.05. The first-order chi connectivity index (χ1) is 13.5. The van der Waals surface area contributed by atoms with Crippen molar-refractivity contribution in [3.8, 4) is 11.4 Å². The van der Waals surface area contributed by atoms with Crippen LogP contribution in [0.2, 0.25) is 0 Å². The van der Waals surface area contributed by atoms with Gasteiger partial charge in [0.25, 0.3) is 0 Å². The molecule has 0 bridgehead atoms. The lowest BCUT2D eigenvalue weighted by Crippen LogP contribution is -2.30. The molecule has 0 aliphatic heterocycles. The monoisotopic (exact) mass is 397 g/mol. The highest BCUT2D eigenvalue weighted by Crippen LogP contribution is 2.33. The molecule has 4 aromatic heterocycles. The van der Waals surface area contributed by atoms with Crippen molar-refractivity contribution < 1.29 is 9.53 Å². The molecule has 0 spiro atoms. The van der Waals surface area contributed by atoms with Crippen LogP contribution in [0.5, 0.6) is 0 Å². The molecule has 0 saturated heterocycles. The van der Waals surface area contributed by atoms with E-state index in [9.17, 15) is 9.59 Å². The van der Waals surface area contributed by atoms with Crippen LogP contribution in [-0.4, -0.2) is 36.7 Å². The number of aromatic nitrogens is 5. The van der Waals surface area contributed by atoms with Gasteiger partial charge in [0.05, 0.1) is 12.0 Å². The molecular weight excluding hydrogens is 378 g/mol. The summed E-state index contributed by atoms with van der Waals surface area (Å²) in [6.45, 7) is 5.91. The van der Waals surface area contributed by atoms with Crippen molar-refractivity contribution in [3.05, 3.63) is 45.5 Å². The number of thiophene rings is 1. The summed E-state index contributed by atoms with van der Waals surface area (Å²) in [5, 5.41) is 5.27. The van der Waals surface area contributed by atoms with Gasteiger partial charge in [-0.2, -0.15) is 4.52 Å². The first-order valence-electron chi connectivity index (χ1n) is 9.02. The molecule has 0 radical (unpaired) electrons. The molecule has 0 atom stereocenters. The third kappa shape index (κ3) is 2.88.